The van der Waals surface area contributed by atoms with Gasteiger partial charge in [0.25, 0.3) is 0 Å². The summed E-state index contributed by atoms with van der Waals surface area (Å²) in [6.45, 7) is 1.79. The van der Waals surface area contributed by atoms with Gasteiger partial charge in [-0.1, -0.05) is 30.4 Å². The number of aromatic nitrogens is 1. The summed E-state index contributed by atoms with van der Waals surface area (Å²) in [7, 11) is 0. The SMILES string of the molecule is O=C(C=CC=Cc1ccc2ncccc2c1)N1CCCCC1. The first-order valence-corrected chi connectivity index (χ1v) is 7.81. The highest BCUT2D eigenvalue weighted by Gasteiger charge is 2.13. The third-order valence-corrected chi connectivity index (χ3v) is 3.93. The van der Waals surface area contributed by atoms with Crippen LogP contribution in [0.25, 0.3) is 17.0 Å². The first-order valence-electron chi connectivity index (χ1n) is 7.81. The number of hydrogen-bond donors (Lipinski definition) is 0. The van der Waals surface area contributed by atoms with Crippen molar-refractivity contribution in [2.45, 2.75) is 19.3 Å². The van der Waals surface area contributed by atoms with Gasteiger partial charge in [0.2, 0.25) is 5.91 Å². The molecule has 1 aliphatic heterocycles. The molecule has 0 unspecified atom stereocenters. The molecule has 1 aromatic heterocycles. The normalized spacial score (nSPS) is 15.9. The summed E-state index contributed by atoms with van der Waals surface area (Å²) in [5, 5.41) is 1.12. The number of pyridine rings is 1. The van der Waals surface area contributed by atoms with Gasteiger partial charge in [-0.3, -0.25) is 9.78 Å². The van der Waals surface area contributed by atoms with Crippen LogP contribution in [0.15, 0.2) is 54.8 Å². The van der Waals surface area contributed by atoms with Gasteiger partial charge in [0.05, 0.1) is 5.52 Å². The quantitative estimate of drug-likeness (QED) is 0.636. The lowest BCUT2D eigenvalue weighted by Crippen LogP contribution is -2.34. The fourth-order valence-electron chi connectivity index (χ4n) is 2.72. The van der Waals surface area contributed by atoms with E-state index in [1.807, 2.05) is 41.3 Å². The van der Waals surface area contributed by atoms with Crippen molar-refractivity contribution < 1.29 is 4.79 Å². The maximum atomic E-state index is 12.0. The Kier molecular flexibility index (Phi) is 4.64. The Hall–Kier alpha value is -2.42. The van der Waals surface area contributed by atoms with Crippen LogP contribution in [0, 0.1) is 0 Å². The van der Waals surface area contributed by atoms with Crippen molar-refractivity contribution in [3.63, 3.8) is 0 Å². The minimum Gasteiger partial charge on any atom is -0.339 e. The zero-order chi connectivity index (χ0) is 15.2. The fraction of sp³-hybridized carbons (Fsp3) is 0.263. The summed E-state index contributed by atoms with van der Waals surface area (Å²) in [6.07, 6.45) is 12.7. The summed E-state index contributed by atoms with van der Waals surface area (Å²) in [5.74, 6) is 0.118. The van der Waals surface area contributed by atoms with Crippen LogP contribution < -0.4 is 0 Å². The van der Waals surface area contributed by atoms with Crippen LogP contribution >= 0.6 is 0 Å². The zero-order valence-electron chi connectivity index (χ0n) is 12.6. The Morgan fingerprint density at radius 2 is 1.95 bits per heavy atom. The molecule has 0 atom stereocenters. The molecule has 2 heterocycles. The first-order chi connectivity index (χ1) is 10.8. The molecular formula is C19H20N2O. The maximum Gasteiger partial charge on any atom is 0.246 e. The highest BCUT2D eigenvalue weighted by molar-refractivity contribution is 5.88. The van der Waals surface area contributed by atoms with Crippen molar-refractivity contribution in [3.05, 3.63) is 60.3 Å². The zero-order valence-corrected chi connectivity index (χ0v) is 12.6. The van der Waals surface area contributed by atoms with Crippen molar-refractivity contribution in [1.29, 1.82) is 0 Å². The van der Waals surface area contributed by atoms with Gasteiger partial charge < -0.3 is 4.90 Å². The van der Waals surface area contributed by atoms with Crippen molar-refractivity contribution >= 4 is 22.9 Å². The molecule has 0 aliphatic carbocycles. The number of amides is 1. The standard InChI is InChI=1S/C19H20N2O/c22-19(21-13-4-1-5-14-21)9-3-2-7-16-10-11-18-17(15-16)8-6-12-20-18/h2-3,6-12,15H,1,4-5,13-14H2. The molecule has 3 heteroatoms. The Labute approximate surface area is 131 Å². The van der Waals surface area contributed by atoms with Crippen LogP contribution in [-0.2, 0) is 4.79 Å². The van der Waals surface area contributed by atoms with E-state index in [2.05, 4.69) is 17.1 Å². The van der Waals surface area contributed by atoms with Gasteiger partial charge in [-0.25, -0.2) is 0 Å². The molecule has 0 bridgehead atoms. The number of piperidine rings is 1. The number of likely N-dealkylation sites (tertiary alicyclic amines) is 1. The van der Waals surface area contributed by atoms with Crippen LogP contribution in [0.3, 0.4) is 0 Å². The third kappa shape index (κ3) is 3.61. The third-order valence-electron chi connectivity index (χ3n) is 3.93. The molecule has 1 amide bonds. The number of allylic oxidation sites excluding steroid dienone is 2. The van der Waals surface area contributed by atoms with Crippen LogP contribution in [0.5, 0.6) is 0 Å². The smallest absolute Gasteiger partial charge is 0.246 e. The van der Waals surface area contributed by atoms with E-state index in [1.54, 1.807) is 12.3 Å². The van der Waals surface area contributed by atoms with E-state index >= 15 is 0 Å². The number of benzene rings is 1. The van der Waals surface area contributed by atoms with Crippen molar-refractivity contribution in [2.24, 2.45) is 0 Å². The minimum atomic E-state index is 0.118. The van der Waals surface area contributed by atoms with Gasteiger partial charge in [0.1, 0.15) is 0 Å². The van der Waals surface area contributed by atoms with Crippen molar-refractivity contribution in [2.75, 3.05) is 13.1 Å². The molecule has 2 aromatic rings. The van der Waals surface area contributed by atoms with Gasteiger partial charge in [-0.15, -0.1) is 0 Å². The molecule has 1 aliphatic rings. The van der Waals surface area contributed by atoms with E-state index in [1.165, 1.54) is 6.42 Å². The molecule has 0 spiro atoms. The van der Waals surface area contributed by atoms with Gasteiger partial charge >= 0.3 is 0 Å². The summed E-state index contributed by atoms with van der Waals surface area (Å²) in [4.78, 5) is 18.2. The molecule has 0 saturated carbocycles. The Balaban J connectivity index is 1.62. The Bertz CT molecular complexity index is 712. The Morgan fingerprint density at radius 3 is 2.82 bits per heavy atom. The van der Waals surface area contributed by atoms with Crippen molar-refractivity contribution in [1.82, 2.24) is 9.88 Å². The molecule has 112 valence electrons. The number of fused-ring (bicyclic) bond motifs is 1. The van der Waals surface area contributed by atoms with Gasteiger partial charge in [-0.2, -0.15) is 0 Å². The second kappa shape index (κ2) is 7.03. The van der Waals surface area contributed by atoms with E-state index in [9.17, 15) is 4.79 Å². The lowest BCUT2D eigenvalue weighted by atomic mass is 10.1. The van der Waals surface area contributed by atoms with Gasteiger partial charge in [0.15, 0.2) is 0 Å². The lowest BCUT2D eigenvalue weighted by molar-refractivity contribution is -0.126. The topological polar surface area (TPSA) is 33.2 Å². The highest BCUT2D eigenvalue weighted by Crippen LogP contribution is 2.14. The summed E-state index contributed by atoms with van der Waals surface area (Å²) >= 11 is 0. The summed E-state index contributed by atoms with van der Waals surface area (Å²) in [5.41, 5.74) is 2.10. The number of carbonyl (C=O) groups is 1. The van der Waals surface area contributed by atoms with E-state index in [0.717, 1.165) is 42.4 Å². The largest absolute Gasteiger partial charge is 0.339 e. The Morgan fingerprint density at radius 1 is 1.09 bits per heavy atom. The molecule has 0 radical (unpaired) electrons. The maximum absolute atomic E-state index is 12.0. The highest BCUT2D eigenvalue weighted by atomic mass is 16.2. The number of nitrogens with zero attached hydrogens (tertiary/aromatic N) is 2. The first kappa shape index (κ1) is 14.5. The minimum absolute atomic E-state index is 0.118. The van der Waals surface area contributed by atoms with E-state index < -0.39 is 0 Å². The monoisotopic (exact) mass is 292 g/mol. The fourth-order valence-corrected chi connectivity index (χ4v) is 2.72. The van der Waals surface area contributed by atoms with E-state index in [-0.39, 0.29) is 5.91 Å². The summed E-state index contributed by atoms with van der Waals surface area (Å²) in [6, 6.07) is 10.1. The average Bonchev–Trinajstić information content (AvgIpc) is 2.59. The number of rotatable bonds is 3. The number of hydrogen-bond acceptors (Lipinski definition) is 2. The lowest BCUT2D eigenvalue weighted by Gasteiger charge is -2.25. The molecular weight excluding hydrogens is 272 g/mol. The van der Waals surface area contributed by atoms with E-state index in [0.29, 0.717) is 0 Å². The second-order valence-electron chi connectivity index (χ2n) is 5.56. The molecule has 1 saturated heterocycles. The second-order valence-corrected chi connectivity index (χ2v) is 5.56. The molecule has 3 rings (SSSR count). The van der Waals surface area contributed by atoms with Crippen LogP contribution in [0.4, 0.5) is 0 Å². The van der Waals surface area contributed by atoms with Crippen molar-refractivity contribution in [3.8, 4) is 0 Å². The van der Waals surface area contributed by atoms with E-state index in [4.69, 9.17) is 0 Å². The predicted octanol–water partition coefficient (Wildman–Crippen LogP) is 3.82. The molecule has 1 aromatic carbocycles. The van der Waals surface area contributed by atoms with Gasteiger partial charge in [0, 0.05) is 30.7 Å². The average molecular weight is 292 g/mol. The van der Waals surface area contributed by atoms with Crippen LogP contribution in [0.1, 0.15) is 24.8 Å². The van der Waals surface area contributed by atoms with Crippen LogP contribution in [0.2, 0.25) is 0 Å². The molecule has 1 fully saturated rings. The number of carbonyl (C=O) groups excluding carboxylic acids is 1. The summed E-state index contributed by atoms with van der Waals surface area (Å²) < 4.78 is 0. The van der Waals surface area contributed by atoms with Crippen LogP contribution in [-0.4, -0.2) is 28.9 Å². The predicted molar refractivity (Wildman–Crippen MR) is 90.3 cm³/mol. The molecule has 22 heavy (non-hydrogen) atoms. The molecule has 0 N–H and O–H groups in total. The molecule has 3 nitrogen and oxygen atoms in total. The van der Waals surface area contributed by atoms with Gasteiger partial charge in [-0.05, 0) is 43.0 Å².